The van der Waals surface area contributed by atoms with Crippen LogP contribution in [0.4, 0.5) is 0 Å². The Morgan fingerprint density at radius 2 is 1.79 bits per heavy atom. The highest BCUT2D eigenvalue weighted by Crippen LogP contribution is 2.32. The van der Waals surface area contributed by atoms with Crippen LogP contribution >= 0.6 is 0 Å². The number of fused-ring (bicyclic) bond motifs is 1. The van der Waals surface area contributed by atoms with Gasteiger partial charge in [-0.3, -0.25) is 0 Å². The molecule has 104 valence electrons. The van der Waals surface area contributed by atoms with Crippen LogP contribution in [0.25, 0.3) is 0 Å². The van der Waals surface area contributed by atoms with E-state index in [0.29, 0.717) is 18.9 Å². The molecule has 1 heterocycles. The minimum absolute atomic E-state index is 0.347. The van der Waals surface area contributed by atoms with Crippen LogP contribution in [0, 0.1) is 0 Å². The van der Waals surface area contributed by atoms with Crippen molar-refractivity contribution in [3.05, 3.63) is 23.8 Å². The Morgan fingerprint density at radius 1 is 1.05 bits per heavy atom. The number of nitrogens with one attached hydrogen (secondary N) is 2. The average molecular weight is 262 g/mol. The summed E-state index contributed by atoms with van der Waals surface area (Å²) in [5.74, 6) is 1.73. The lowest BCUT2D eigenvalue weighted by molar-refractivity contribution is 0.174. The molecule has 3 rings (SSSR count). The largest absolute Gasteiger partial charge is 0.454 e. The number of hydrogen-bond donors (Lipinski definition) is 2. The summed E-state index contributed by atoms with van der Waals surface area (Å²) in [5, 5.41) is 7.02. The van der Waals surface area contributed by atoms with Crippen molar-refractivity contribution in [3.63, 3.8) is 0 Å². The molecule has 2 aliphatic rings. The number of ether oxygens (including phenoxy) is 2. The van der Waals surface area contributed by atoms with Gasteiger partial charge < -0.3 is 20.1 Å². The maximum Gasteiger partial charge on any atom is 0.231 e. The molecule has 2 N–H and O–H groups in total. The van der Waals surface area contributed by atoms with Gasteiger partial charge in [0.15, 0.2) is 11.5 Å². The van der Waals surface area contributed by atoms with Crippen LogP contribution in [0.1, 0.15) is 31.2 Å². The Bertz CT molecular complexity index is 428. The summed E-state index contributed by atoms with van der Waals surface area (Å²) in [6, 6.07) is 7.55. The van der Waals surface area contributed by atoms with Crippen molar-refractivity contribution in [2.45, 2.75) is 44.3 Å². The van der Waals surface area contributed by atoms with E-state index in [9.17, 15) is 0 Å². The third-order valence-electron chi connectivity index (χ3n) is 4.17. The predicted molar refractivity (Wildman–Crippen MR) is 74.5 cm³/mol. The third-order valence-corrected chi connectivity index (χ3v) is 4.17. The van der Waals surface area contributed by atoms with E-state index in [1.54, 1.807) is 0 Å². The van der Waals surface area contributed by atoms with Gasteiger partial charge in [-0.1, -0.05) is 6.07 Å². The van der Waals surface area contributed by atoms with Crippen molar-refractivity contribution in [2.24, 2.45) is 0 Å². The Morgan fingerprint density at radius 3 is 2.58 bits per heavy atom. The molecule has 1 saturated carbocycles. The maximum absolute atomic E-state index is 5.40. The lowest BCUT2D eigenvalue weighted by Gasteiger charge is -2.29. The first-order chi connectivity index (χ1) is 9.35. The van der Waals surface area contributed by atoms with Gasteiger partial charge in [-0.2, -0.15) is 0 Å². The Labute approximate surface area is 114 Å². The lowest BCUT2D eigenvalue weighted by atomic mass is 9.91. The van der Waals surface area contributed by atoms with Crippen molar-refractivity contribution < 1.29 is 9.47 Å². The molecular weight excluding hydrogens is 240 g/mol. The Kier molecular flexibility index (Phi) is 3.89. The second-order valence-corrected chi connectivity index (χ2v) is 5.41. The summed E-state index contributed by atoms with van der Waals surface area (Å²) in [6.07, 6.45) is 5.07. The smallest absolute Gasteiger partial charge is 0.231 e. The summed E-state index contributed by atoms with van der Waals surface area (Å²) in [6.45, 7) is 1.26. The molecular formula is C15H22N2O2. The highest BCUT2D eigenvalue weighted by molar-refractivity contribution is 5.44. The zero-order valence-corrected chi connectivity index (χ0v) is 11.4. The topological polar surface area (TPSA) is 42.5 Å². The van der Waals surface area contributed by atoms with Crippen LogP contribution < -0.4 is 20.1 Å². The van der Waals surface area contributed by atoms with Gasteiger partial charge in [-0.25, -0.2) is 0 Å². The van der Waals surface area contributed by atoms with Gasteiger partial charge in [0.25, 0.3) is 0 Å². The van der Waals surface area contributed by atoms with E-state index in [2.05, 4.69) is 29.8 Å². The van der Waals surface area contributed by atoms with Crippen molar-refractivity contribution in [2.75, 3.05) is 13.8 Å². The van der Waals surface area contributed by atoms with Crippen LogP contribution in [0.5, 0.6) is 11.5 Å². The van der Waals surface area contributed by atoms with Gasteiger partial charge in [0.1, 0.15) is 0 Å². The molecule has 0 spiro atoms. The number of hydrogen-bond acceptors (Lipinski definition) is 4. The zero-order valence-electron chi connectivity index (χ0n) is 11.4. The molecule has 19 heavy (non-hydrogen) atoms. The Hall–Kier alpha value is -1.26. The van der Waals surface area contributed by atoms with E-state index in [1.807, 2.05) is 6.07 Å². The maximum atomic E-state index is 5.40. The van der Waals surface area contributed by atoms with Crippen LogP contribution in [0.2, 0.25) is 0 Å². The normalized spacial score (nSPS) is 25.5. The molecule has 0 radical (unpaired) electrons. The fraction of sp³-hybridized carbons (Fsp3) is 0.600. The molecule has 1 aliphatic carbocycles. The van der Waals surface area contributed by atoms with E-state index in [0.717, 1.165) is 18.0 Å². The summed E-state index contributed by atoms with van der Waals surface area (Å²) >= 11 is 0. The molecule has 0 aromatic heterocycles. The van der Waals surface area contributed by atoms with Crippen molar-refractivity contribution >= 4 is 0 Å². The highest BCUT2D eigenvalue weighted by atomic mass is 16.7. The fourth-order valence-electron chi connectivity index (χ4n) is 2.90. The van der Waals surface area contributed by atoms with Gasteiger partial charge >= 0.3 is 0 Å². The van der Waals surface area contributed by atoms with E-state index in [1.165, 1.54) is 31.2 Å². The number of rotatable bonds is 4. The molecule has 0 saturated heterocycles. The van der Waals surface area contributed by atoms with E-state index >= 15 is 0 Å². The van der Waals surface area contributed by atoms with Crippen LogP contribution in [-0.4, -0.2) is 25.9 Å². The molecule has 0 unspecified atom stereocenters. The van der Waals surface area contributed by atoms with Gasteiger partial charge in [0, 0.05) is 18.6 Å². The first-order valence-corrected chi connectivity index (χ1v) is 7.14. The van der Waals surface area contributed by atoms with Crippen LogP contribution in [0.3, 0.4) is 0 Å². The second-order valence-electron chi connectivity index (χ2n) is 5.41. The third kappa shape index (κ3) is 3.01. The van der Waals surface area contributed by atoms with Crippen LogP contribution in [0.15, 0.2) is 18.2 Å². The minimum atomic E-state index is 0.347. The molecule has 0 amide bonds. The monoisotopic (exact) mass is 262 g/mol. The van der Waals surface area contributed by atoms with Gasteiger partial charge in [-0.05, 0) is 50.4 Å². The van der Waals surface area contributed by atoms with Crippen LogP contribution in [-0.2, 0) is 6.54 Å². The lowest BCUT2D eigenvalue weighted by Crippen LogP contribution is -2.38. The summed E-state index contributed by atoms with van der Waals surface area (Å²) < 4.78 is 10.7. The summed E-state index contributed by atoms with van der Waals surface area (Å²) in [4.78, 5) is 0. The van der Waals surface area contributed by atoms with E-state index in [-0.39, 0.29) is 0 Å². The van der Waals surface area contributed by atoms with E-state index in [4.69, 9.17) is 9.47 Å². The van der Waals surface area contributed by atoms with Gasteiger partial charge in [0.2, 0.25) is 6.79 Å². The standard InChI is InChI=1S/C15H22N2O2/c1-16-12-3-5-13(6-4-12)17-9-11-2-7-14-15(8-11)19-10-18-14/h2,7-8,12-13,16-17H,3-6,9-10H2,1H3. The molecule has 0 atom stereocenters. The quantitative estimate of drug-likeness (QED) is 0.871. The predicted octanol–water partition coefficient (Wildman–Crippen LogP) is 2.04. The summed E-state index contributed by atoms with van der Waals surface area (Å²) in [5.41, 5.74) is 1.26. The van der Waals surface area contributed by atoms with Gasteiger partial charge in [-0.15, -0.1) is 0 Å². The first kappa shape index (κ1) is 12.8. The van der Waals surface area contributed by atoms with Gasteiger partial charge in [0.05, 0.1) is 0 Å². The molecule has 1 aromatic rings. The number of benzene rings is 1. The van der Waals surface area contributed by atoms with Crippen molar-refractivity contribution in [1.29, 1.82) is 0 Å². The Balaban J connectivity index is 1.50. The molecule has 4 heteroatoms. The first-order valence-electron chi connectivity index (χ1n) is 7.14. The second kappa shape index (κ2) is 5.80. The molecule has 1 aliphatic heterocycles. The molecule has 0 bridgehead atoms. The minimum Gasteiger partial charge on any atom is -0.454 e. The highest BCUT2D eigenvalue weighted by Gasteiger charge is 2.19. The fourth-order valence-corrected chi connectivity index (χ4v) is 2.90. The van der Waals surface area contributed by atoms with Crippen molar-refractivity contribution in [1.82, 2.24) is 10.6 Å². The molecule has 1 aromatic carbocycles. The molecule has 4 nitrogen and oxygen atoms in total. The van der Waals surface area contributed by atoms with Crippen molar-refractivity contribution in [3.8, 4) is 11.5 Å². The summed E-state index contributed by atoms with van der Waals surface area (Å²) in [7, 11) is 2.06. The average Bonchev–Trinajstić information content (AvgIpc) is 2.93. The molecule has 1 fully saturated rings. The zero-order chi connectivity index (χ0) is 13.1. The SMILES string of the molecule is CNC1CCC(NCc2ccc3c(c2)OCO3)CC1. The van der Waals surface area contributed by atoms with E-state index < -0.39 is 0 Å².